The maximum Gasteiger partial charge on any atom is 0.263 e. The van der Waals surface area contributed by atoms with Gasteiger partial charge in [0.05, 0.1) is 22.3 Å². The van der Waals surface area contributed by atoms with Crippen molar-refractivity contribution in [3.05, 3.63) is 64.7 Å². The topological polar surface area (TPSA) is 86.8 Å². The van der Waals surface area contributed by atoms with Crippen molar-refractivity contribution in [3.63, 3.8) is 0 Å². The smallest absolute Gasteiger partial charge is 0.263 e. The lowest BCUT2D eigenvalue weighted by molar-refractivity contribution is 0.0649. The summed E-state index contributed by atoms with van der Waals surface area (Å²) in [4.78, 5) is 51.3. The van der Waals surface area contributed by atoms with Gasteiger partial charge in [0, 0.05) is 25.8 Å². The SMILES string of the molecule is CN1C(=O)c2cccc(NCCCN3C(=O)c4ccccc4C3=O)c2C1=O. The molecule has 27 heavy (non-hydrogen) atoms. The van der Waals surface area contributed by atoms with Crippen LogP contribution in [0.25, 0.3) is 0 Å². The third kappa shape index (κ3) is 2.59. The number of fused-ring (bicyclic) bond motifs is 2. The molecule has 4 rings (SSSR count). The van der Waals surface area contributed by atoms with E-state index < -0.39 is 0 Å². The summed E-state index contributed by atoms with van der Waals surface area (Å²) < 4.78 is 0. The maximum atomic E-state index is 12.3. The van der Waals surface area contributed by atoms with E-state index in [0.717, 1.165) is 4.90 Å². The predicted molar refractivity (Wildman–Crippen MR) is 97.8 cm³/mol. The number of carbonyl (C=O) groups is 4. The van der Waals surface area contributed by atoms with E-state index in [4.69, 9.17) is 0 Å². The van der Waals surface area contributed by atoms with Crippen LogP contribution in [-0.2, 0) is 0 Å². The maximum absolute atomic E-state index is 12.3. The first-order chi connectivity index (χ1) is 13.0. The molecule has 136 valence electrons. The molecule has 2 aliphatic heterocycles. The minimum atomic E-state index is -0.335. The Morgan fingerprint density at radius 3 is 2.07 bits per heavy atom. The zero-order valence-corrected chi connectivity index (χ0v) is 14.7. The third-order valence-electron chi connectivity index (χ3n) is 4.87. The van der Waals surface area contributed by atoms with Crippen LogP contribution in [-0.4, -0.2) is 53.6 Å². The lowest BCUT2D eigenvalue weighted by Crippen LogP contribution is -2.31. The molecule has 2 aromatic carbocycles. The van der Waals surface area contributed by atoms with Crippen LogP contribution in [0, 0.1) is 0 Å². The number of benzene rings is 2. The van der Waals surface area contributed by atoms with Crippen LogP contribution in [0.4, 0.5) is 5.69 Å². The lowest BCUT2D eigenvalue weighted by atomic mass is 10.1. The summed E-state index contributed by atoms with van der Waals surface area (Å²) in [6.07, 6.45) is 0.521. The third-order valence-corrected chi connectivity index (χ3v) is 4.87. The Kier molecular flexibility index (Phi) is 3.99. The highest BCUT2D eigenvalue weighted by molar-refractivity contribution is 6.23. The molecule has 4 amide bonds. The Bertz CT molecular complexity index is 963. The van der Waals surface area contributed by atoms with Gasteiger partial charge >= 0.3 is 0 Å². The number of hydrogen-bond donors (Lipinski definition) is 1. The van der Waals surface area contributed by atoms with Gasteiger partial charge in [0.1, 0.15) is 0 Å². The van der Waals surface area contributed by atoms with E-state index in [0.29, 0.717) is 40.9 Å². The molecule has 0 aromatic heterocycles. The predicted octanol–water partition coefficient (Wildman–Crippen LogP) is 2.01. The molecule has 0 bridgehead atoms. The standard InChI is InChI=1S/C20H17N3O4/c1-22-17(24)14-8-4-9-15(16(14)20(22)27)21-10-5-11-23-18(25)12-6-2-3-7-13(12)19(23)26/h2-4,6-9,21H,5,10-11H2,1H3. The molecule has 0 unspecified atom stereocenters. The minimum Gasteiger partial charge on any atom is -0.384 e. The molecule has 1 N–H and O–H groups in total. The van der Waals surface area contributed by atoms with Gasteiger partial charge < -0.3 is 5.32 Å². The molecule has 0 fully saturated rings. The van der Waals surface area contributed by atoms with Crippen molar-refractivity contribution in [2.75, 3.05) is 25.5 Å². The number of nitrogens with zero attached hydrogens (tertiary/aromatic N) is 2. The quantitative estimate of drug-likeness (QED) is 0.649. The normalized spacial score (nSPS) is 15.4. The van der Waals surface area contributed by atoms with Gasteiger partial charge in [0.2, 0.25) is 0 Å². The van der Waals surface area contributed by atoms with Crippen molar-refractivity contribution in [1.82, 2.24) is 9.80 Å². The largest absolute Gasteiger partial charge is 0.384 e. The lowest BCUT2D eigenvalue weighted by Gasteiger charge is -2.15. The summed E-state index contributed by atoms with van der Waals surface area (Å²) >= 11 is 0. The van der Waals surface area contributed by atoms with E-state index in [9.17, 15) is 19.2 Å². The van der Waals surface area contributed by atoms with E-state index in [-0.39, 0.29) is 30.2 Å². The first-order valence-corrected chi connectivity index (χ1v) is 8.65. The van der Waals surface area contributed by atoms with Crippen LogP contribution >= 0.6 is 0 Å². The Morgan fingerprint density at radius 2 is 1.41 bits per heavy atom. The van der Waals surface area contributed by atoms with Gasteiger partial charge in [-0.2, -0.15) is 0 Å². The number of amides is 4. The number of carbonyl (C=O) groups excluding carboxylic acids is 4. The molecule has 2 aliphatic rings. The average molecular weight is 363 g/mol. The molecule has 7 heteroatoms. The second-order valence-corrected chi connectivity index (χ2v) is 6.49. The van der Waals surface area contributed by atoms with Gasteiger partial charge in [-0.25, -0.2) is 0 Å². The number of nitrogens with one attached hydrogen (secondary N) is 1. The van der Waals surface area contributed by atoms with Gasteiger partial charge in [-0.05, 0) is 30.7 Å². The summed E-state index contributed by atoms with van der Waals surface area (Å²) in [5, 5.41) is 3.14. The van der Waals surface area contributed by atoms with Gasteiger partial charge in [0.25, 0.3) is 23.6 Å². The van der Waals surface area contributed by atoms with E-state index >= 15 is 0 Å². The Morgan fingerprint density at radius 1 is 0.778 bits per heavy atom. The molecule has 0 spiro atoms. The van der Waals surface area contributed by atoms with Crippen LogP contribution in [0.1, 0.15) is 47.9 Å². The Labute approximate surface area is 155 Å². The van der Waals surface area contributed by atoms with E-state index in [1.807, 2.05) is 0 Å². The fourth-order valence-electron chi connectivity index (χ4n) is 3.45. The number of rotatable bonds is 5. The molecule has 2 heterocycles. The fraction of sp³-hybridized carbons (Fsp3) is 0.200. The molecule has 0 aliphatic carbocycles. The van der Waals surface area contributed by atoms with Crippen LogP contribution in [0.5, 0.6) is 0 Å². The van der Waals surface area contributed by atoms with Gasteiger partial charge in [-0.1, -0.05) is 18.2 Å². The summed E-state index contributed by atoms with van der Waals surface area (Å²) in [6, 6.07) is 11.9. The highest BCUT2D eigenvalue weighted by Gasteiger charge is 2.35. The summed E-state index contributed by atoms with van der Waals surface area (Å²) in [5.41, 5.74) is 2.20. The van der Waals surface area contributed by atoms with Crippen molar-refractivity contribution >= 4 is 29.3 Å². The number of hydrogen-bond acceptors (Lipinski definition) is 5. The van der Waals surface area contributed by atoms with Crippen LogP contribution in [0.15, 0.2) is 42.5 Å². The highest BCUT2D eigenvalue weighted by atomic mass is 16.2. The van der Waals surface area contributed by atoms with Crippen LogP contribution in [0.3, 0.4) is 0 Å². The molecule has 0 radical (unpaired) electrons. The Balaban J connectivity index is 1.40. The molecular formula is C20H17N3O4. The second-order valence-electron chi connectivity index (χ2n) is 6.49. The van der Waals surface area contributed by atoms with Crippen molar-refractivity contribution in [3.8, 4) is 0 Å². The monoisotopic (exact) mass is 363 g/mol. The molecule has 0 saturated carbocycles. The van der Waals surface area contributed by atoms with E-state index in [1.165, 1.54) is 11.9 Å². The first kappa shape index (κ1) is 17.0. The summed E-state index contributed by atoms with van der Waals surface area (Å²) in [6.45, 7) is 0.732. The fourth-order valence-corrected chi connectivity index (χ4v) is 3.45. The van der Waals surface area contributed by atoms with Crippen LogP contribution in [0.2, 0.25) is 0 Å². The zero-order valence-electron chi connectivity index (χ0n) is 14.7. The molecule has 7 nitrogen and oxygen atoms in total. The summed E-state index contributed by atoms with van der Waals surface area (Å²) in [5.74, 6) is -1.21. The van der Waals surface area contributed by atoms with Gasteiger partial charge in [-0.3, -0.25) is 29.0 Å². The zero-order chi connectivity index (χ0) is 19.1. The number of anilines is 1. The molecule has 2 aromatic rings. The molecule has 0 atom stereocenters. The Hall–Kier alpha value is -3.48. The molecule has 0 saturated heterocycles. The van der Waals surface area contributed by atoms with E-state index in [1.54, 1.807) is 42.5 Å². The minimum absolute atomic E-state index is 0.279. The van der Waals surface area contributed by atoms with Crippen molar-refractivity contribution in [2.24, 2.45) is 0 Å². The van der Waals surface area contributed by atoms with Gasteiger partial charge in [0.15, 0.2) is 0 Å². The van der Waals surface area contributed by atoms with Gasteiger partial charge in [-0.15, -0.1) is 0 Å². The summed E-state index contributed by atoms with van der Waals surface area (Å²) in [7, 11) is 1.46. The average Bonchev–Trinajstić information content (AvgIpc) is 3.06. The first-order valence-electron chi connectivity index (χ1n) is 8.65. The highest BCUT2D eigenvalue weighted by Crippen LogP contribution is 2.28. The second kappa shape index (κ2) is 6.35. The van der Waals surface area contributed by atoms with Crippen molar-refractivity contribution < 1.29 is 19.2 Å². The van der Waals surface area contributed by atoms with Crippen LogP contribution < -0.4 is 5.32 Å². The number of imide groups is 2. The molecular weight excluding hydrogens is 346 g/mol. The van der Waals surface area contributed by atoms with Crippen molar-refractivity contribution in [2.45, 2.75) is 6.42 Å². The van der Waals surface area contributed by atoms with Crippen molar-refractivity contribution in [1.29, 1.82) is 0 Å². The van der Waals surface area contributed by atoms with E-state index in [2.05, 4.69) is 5.32 Å².